The molecule has 0 heterocycles. The van der Waals surface area contributed by atoms with E-state index in [1.54, 1.807) is 20.8 Å². The Morgan fingerprint density at radius 3 is 1.69 bits per heavy atom. The Morgan fingerprint density at radius 2 is 1.69 bits per heavy atom. The monoisotopic (exact) mass is 230 g/mol. The maximum atomic E-state index is 9.80. The van der Waals surface area contributed by atoms with Crippen LogP contribution in [0.15, 0.2) is 0 Å². The molecule has 0 bridgehead atoms. The standard InChI is InChI=1S/C4H7ClO2.C3H5ClO2/c1-3(2)7-4(5)6;1-2-6-3(4)5/h3H,1-2H3;2H2,1H3. The molecule has 0 saturated heterocycles. The molecule has 0 fully saturated rings. The highest BCUT2D eigenvalue weighted by Gasteiger charge is 1.96. The molecule has 6 heteroatoms. The van der Waals surface area contributed by atoms with E-state index in [-0.39, 0.29) is 6.10 Å². The second-order valence-corrected chi connectivity index (χ2v) is 2.69. The molecule has 0 aliphatic rings. The lowest BCUT2D eigenvalue weighted by molar-refractivity contribution is 0.141. The molecule has 0 aliphatic heterocycles. The molecule has 0 aromatic carbocycles. The molecule has 0 aliphatic carbocycles. The van der Waals surface area contributed by atoms with Crippen LogP contribution in [0.5, 0.6) is 0 Å². The quantitative estimate of drug-likeness (QED) is 0.685. The summed E-state index contributed by atoms with van der Waals surface area (Å²) in [6.45, 7) is 5.52. The van der Waals surface area contributed by atoms with Crippen molar-refractivity contribution < 1.29 is 19.1 Å². The SMILES string of the molecule is CC(C)OC(=O)Cl.CCOC(=O)Cl. The molecule has 0 saturated carbocycles. The van der Waals surface area contributed by atoms with Crippen LogP contribution in [-0.4, -0.2) is 23.6 Å². The topological polar surface area (TPSA) is 52.6 Å². The summed E-state index contributed by atoms with van der Waals surface area (Å²) < 4.78 is 8.54. The Morgan fingerprint density at radius 1 is 1.23 bits per heavy atom. The summed E-state index contributed by atoms with van der Waals surface area (Å²) in [7, 11) is 0. The first kappa shape index (κ1) is 15.0. The Bertz CT molecular complexity index is 159. The summed E-state index contributed by atoms with van der Waals surface area (Å²) >= 11 is 9.53. The van der Waals surface area contributed by atoms with Gasteiger partial charge in [0, 0.05) is 23.2 Å². The van der Waals surface area contributed by atoms with E-state index >= 15 is 0 Å². The molecule has 0 unspecified atom stereocenters. The number of hydrogen-bond acceptors (Lipinski definition) is 4. The van der Waals surface area contributed by atoms with Gasteiger partial charge >= 0.3 is 10.9 Å². The van der Waals surface area contributed by atoms with Crippen molar-refractivity contribution in [2.75, 3.05) is 6.61 Å². The molecule has 0 N–H and O–H groups in total. The Hall–Kier alpha value is -0.480. The predicted molar refractivity (Wildman–Crippen MR) is 50.3 cm³/mol. The maximum absolute atomic E-state index is 9.80. The van der Waals surface area contributed by atoms with Crippen molar-refractivity contribution in [3.05, 3.63) is 0 Å². The number of hydrogen-bond donors (Lipinski definition) is 0. The lowest BCUT2D eigenvalue weighted by Crippen LogP contribution is -2.03. The third-order valence-corrected chi connectivity index (χ3v) is 0.784. The molecule has 0 aromatic rings. The van der Waals surface area contributed by atoms with Crippen molar-refractivity contribution in [2.45, 2.75) is 26.9 Å². The molecular formula is C7H12Cl2O4. The maximum Gasteiger partial charge on any atom is 0.404 e. The first-order valence-electron chi connectivity index (χ1n) is 3.58. The average Bonchev–Trinajstić information content (AvgIpc) is 1.83. The van der Waals surface area contributed by atoms with Crippen LogP contribution in [0.1, 0.15) is 20.8 Å². The van der Waals surface area contributed by atoms with Crippen molar-refractivity contribution in [1.82, 2.24) is 0 Å². The summed E-state index contributed by atoms with van der Waals surface area (Å²) in [5, 5.41) is 0. The highest BCUT2D eigenvalue weighted by Crippen LogP contribution is 1.92. The number of carbonyl (C=O) groups excluding carboxylic acids is 2. The van der Waals surface area contributed by atoms with Gasteiger partial charge in [0.1, 0.15) is 0 Å². The average molecular weight is 231 g/mol. The smallest absolute Gasteiger partial charge is 0.404 e. The zero-order chi connectivity index (χ0) is 10.9. The summed E-state index contributed by atoms with van der Waals surface area (Å²) in [5.74, 6) is 0. The van der Waals surface area contributed by atoms with Crippen LogP contribution in [0, 0.1) is 0 Å². The van der Waals surface area contributed by atoms with Crippen molar-refractivity contribution >= 4 is 34.1 Å². The van der Waals surface area contributed by atoms with Crippen molar-refractivity contribution in [3.63, 3.8) is 0 Å². The van der Waals surface area contributed by atoms with Crippen LogP contribution in [0.4, 0.5) is 9.59 Å². The second kappa shape index (κ2) is 9.61. The summed E-state index contributed by atoms with van der Waals surface area (Å²) in [6, 6.07) is 0. The lowest BCUT2D eigenvalue weighted by Gasteiger charge is -2.00. The fraction of sp³-hybridized carbons (Fsp3) is 0.714. The van der Waals surface area contributed by atoms with E-state index in [1.807, 2.05) is 0 Å². The van der Waals surface area contributed by atoms with E-state index in [2.05, 4.69) is 9.47 Å². The highest BCUT2D eigenvalue weighted by atomic mass is 35.5. The largest absolute Gasteiger partial charge is 0.454 e. The molecule has 13 heavy (non-hydrogen) atoms. The van der Waals surface area contributed by atoms with Gasteiger partial charge in [0.05, 0.1) is 12.7 Å². The minimum absolute atomic E-state index is 0.106. The van der Waals surface area contributed by atoms with Gasteiger partial charge in [0.15, 0.2) is 0 Å². The van der Waals surface area contributed by atoms with Gasteiger partial charge in [-0.1, -0.05) is 0 Å². The summed E-state index contributed by atoms with van der Waals surface area (Å²) in [5.41, 5.74) is -1.48. The first-order chi connectivity index (χ1) is 5.90. The van der Waals surface area contributed by atoms with Gasteiger partial charge in [-0.05, 0) is 20.8 Å². The van der Waals surface area contributed by atoms with E-state index in [0.717, 1.165) is 0 Å². The van der Waals surface area contributed by atoms with E-state index in [1.165, 1.54) is 0 Å². The predicted octanol–water partition coefficient (Wildman–Crippen LogP) is 3.15. The van der Waals surface area contributed by atoms with Crippen LogP contribution in [0.3, 0.4) is 0 Å². The highest BCUT2D eigenvalue weighted by molar-refractivity contribution is 6.61. The Kier molecular flexibility index (Phi) is 11.1. The molecule has 4 nitrogen and oxygen atoms in total. The van der Waals surface area contributed by atoms with Gasteiger partial charge in [-0.15, -0.1) is 0 Å². The summed E-state index contributed by atoms with van der Waals surface area (Å²) in [6.07, 6.45) is -0.106. The Labute approximate surface area is 87.1 Å². The molecule has 0 rings (SSSR count). The fourth-order valence-corrected chi connectivity index (χ4v) is 0.586. The van der Waals surface area contributed by atoms with E-state index in [0.29, 0.717) is 6.61 Å². The van der Waals surface area contributed by atoms with Crippen LogP contribution < -0.4 is 0 Å². The van der Waals surface area contributed by atoms with E-state index in [9.17, 15) is 9.59 Å². The first-order valence-corrected chi connectivity index (χ1v) is 4.34. The lowest BCUT2D eigenvalue weighted by atomic mass is 10.5. The molecule has 0 spiro atoms. The number of carbonyl (C=O) groups is 2. The van der Waals surface area contributed by atoms with Gasteiger partial charge in [0.25, 0.3) is 0 Å². The van der Waals surface area contributed by atoms with Gasteiger partial charge in [-0.25, -0.2) is 9.59 Å². The van der Waals surface area contributed by atoms with Gasteiger partial charge in [0.2, 0.25) is 0 Å². The third kappa shape index (κ3) is 24.6. The van der Waals surface area contributed by atoms with E-state index in [4.69, 9.17) is 23.2 Å². The van der Waals surface area contributed by atoms with Crippen LogP contribution in [-0.2, 0) is 9.47 Å². The van der Waals surface area contributed by atoms with Gasteiger partial charge in [-0.2, -0.15) is 0 Å². The van der Waals surface area contributed by atoms with Crippen molar-refractivity contribution in [3.8, 4) is 0 Å². The normalized spacial score (nSPS) is 8.46. The molecule has 0 aromatic heterocycles. The molecule has 0 amide bonds. The van der Waals surface area contributed by atoms with Crippen LogP contribution >= 0.6 is 23.2 Å². The molecular weight excluding hydrogens is 219 g/mol. The van der Waals surface area contributed by atoms with Crippen LogP contribution in [0.25, 0.3) is 0 Å². The number of halogens is 2. The van der Waals surface area contributed by atoms with Crippen molar-refractivity contribution in [1.29, 1.82) is 0 Å². The fourth-order valence-electron chi connectivity index (χ4n) is 0.299. The zero-order valence-corrected chi connectivity index (χ0v) is 9.19. The van der Waals surface area contributed by atoms with Gasteiger partial charge < -0.3 is 9.47 Å². The minimum atomic E-state index is -0.741. The zero-order valence-electron chi connectivity index (χ0n) is 7.67. The minimum Gasteiger partial charge on any atom is -0.454 e. The van der Waals surface area contributed by atoms with E-state index < -0.39 is 10.9 Å². The van der Waals surface area contributed by atoms with Crippen molar-refractivity contribution in [2.24, 2.45) is 0 Å². The third-order valence-electron chi connectivity index (χ3n) is 0.586. The Balaban J connectivity index is 0. The van der Waals surface area contributed by atoms with Gasteiger partial charge in [-0.3, -0.25) is 0 Å². The number of ether oxygens (including phenoxy) is 2. The molecule has 0 radical (unpaired) electrons. The molecule has 0 atom stereocenters. The number of rotatable bonds is 2. The molecule has 78 valence electrons. The van der Waals surface area contributed by atoms with Crippen LogP contribution in [0.2, 0.25) is 0 Å². The summed E-state index contributed by atoms with van der Waals surface area (Å²) in [4.78, 5) is 19.4. The second-order valence-electron chi connectivity index (χ2n) is 2.07.